The highest BCUT2D eigenvalue weighted by molar-refractivity contribution is 5.92. The first-order chi connectivity index (χ1) is 8.20. The standard InChI is InChI=1S/C12H14N4O/c1-8-6-15-11(7-14-8)12(17)16-10-4-2-3-9(10)5-13/h6-7,9-10H,2-4H2,1H3,(H,16,17). The predicted octanol–water partition coefficient (Wildman–Crippen LogP) is 1.21. The highest BCUT2D eigenvalue weighted by Crippen LogP contribution is 2.24. The van der Waals surface area contributed by atoms with Crippen molar-refractivity contribution in [2.45, 2.75) is 32.2 Å². The fraction of sp³-hybridized carbons (Fsp3) is 0.500. The van der Waals surface area contributed by atoms with E-state index in [1.54, 1.807) is 6.20 Å². The van der Waals surface area contributed by atoms with Gasteiger partial charge in [0.15, 0.2) is 0 Å². The minimum Gasteiger partial charge on any atom is -0.347 e. The maximum absolute atomic E-state index is 11.9. The van der Waals surface area contributed by atoms with Crippen LogP contribution in [-0.4, -0.2) is 21.9 Å². The third-order valence-corrected chi connectivity index (χ3v) is 3.01. The van der Waals surface area contributed by atoms with Gasteiger partial charge in [-0.25, -0.2) is 4.98 Å². The zero-order valence-electron chi connectivity index (χ0n) is 9.68. The molecule has 0 saturated heterocycles. The van der Waals surface area contributed by atoms with Crippen molar-refractivity contribution < 1.29 is 4.79 Å². The molecule has 2 rings (SSSR count). The van der Waals surface area contributed by atoms with E-state index in [2.05, 4.69) is 21.4 Å². The zero-order chi connectivity index (χ0) is 12.3. The van der Waals surface area contributed by atoms with Gasteiger partial charge in [0.05, 0.1) is 23.9 Å². The van der Waals surface area contributed by atoms with Crippen LogP contribution in [0.25, 0.3) is 0 Å². The van der Waals surface area contributed by atoms with Crippen LogP contribution in [0.4, 0.5) is 0 Å². The Bertz CT molecular complexity index is 449. The summed E-state index contributed by atoms with van der Waals surface area (Å²) in [6, 6.07) is 2.18. The number of rotatable bonds is 2. The Kier molecular flexibility index (Phi) is 3.33. The summed E-state index contributed by atoms with van der Waals surface area (Å²) >= 11 is 0. The molecule has 0 aromatic carbocycles. The Balaban J connectivity index is 2.02. The van der Waals surface area contributed by atoms with E-state index in [1.807, 2.05) is 6.92 Å². The van der Waals surface area contributed by atoms with E-state index < -0.39 is 0 Å². The van der Waals surface area contributed by atoms with Crippen LogP contribution < -0.4 is 5.32 Å². The molecule has 0 aliphatic heterocycles. The smallest absolute Gasteiger partial charge is 0.271 e. The molecule has 2 atom stereocenters. The van der Waals surface area contributed by atoms with Crippen LogP contribution in [0.3, 0.4) is 0 Å². The molecule has 1 aromatic heterocycles. The van der Waals surface area contributed by atoms with Crippen LogP contribution in [0, 0.1) is 24.2 Å². The SMILES string of the molecule is Cc1cnc(C(=O)NC2CCCC2C#N)cn1. The summed E-state index contributed by atoms with van der Waals surface area (Å²) in [5.41, 5.74) is 1.08. The Hall–Kier alpha value is -1.96. The molecule has 1 aromatic rings. The minimum absolute atomic E-state index is 0.0457. The van der Waals surface area contributed by atoms with Gasteiger partial charge in [-0.15, -0.1) is 0 Å². The van der Waals surface area contributed by atoms with Gasteiger partial charge in [-0.05, 0) is 26.2 Å². The highest BCUT2D eigenvalue weighted by atomic mass is 16.1. The normalized spacial score (nSPS) is 23.1. The number of carbonyl (C=O) groups is 1. The summed E-state index contributed by atoms with van der Waals surface area (Å²) in [6.07, 6.45) is 5.74. The molecule has 0 spiro atoms. The van der Waals surface area contributed by atoms with Gasteiger partial charge >= 0.3 is 0 Å². The minimum atomic E-state index is -0.246. The van der Waals surface area contributed by atoms with Crippen molar-refractivity contribution in [3.8, 4) is 6.07 Å². The number of carbonyl (C=O) groups excluding carboxylic acids is 1. The van der Waals surface area contributed by atoms with Crippen molar-refractivity contribution in [1.82, 2.24) is 15.3 Å². The lowest BCUT2D eigenvalue weighted by Gasteiger charge is -2.14. The van der Waals surface area contributed by atoms with E-state index in [0.717, 1.165) is 25.0 Å². The lowest BCUT2D eigenvalue weighted by atomic mass is 10.1. The second-order valence-electron chi connectivity index (χ2n) is 4.29. The first-order valence-corrected chi connectivity index (χ1v) is 5.70. The maximum atomic E-state index is 11.9. The third kappa shape index (κ3) is 2.59. The Labute approximate surface area is 99.9 Å². The van der Waals surface area contributed by atoms with E-state index in [-0.39, 0.29) is 17.9 Å². The molecule has 5 nitrogen and oxygen atoms in total. The van der Waals surface area contributed by atoms with Crippen LogP contribution >= 0.6 is 0 Å². The third-order valence-electron chi connectivity index (χ3n) is 3.01. The van der Waals surface area contributed by atoms with E-state index in [0.29, 0.717) is 5.69 Å². The maximum Gasteiger partial charge on any atom is 0.271 e. The fourth-order valence-corrected chi connectivity index (χ4v) is 2.04. The molecule has 1 aliphatic carbocycles. The van der Waals surface area contributed by atoms with Crippen LogP contribution in [-0.2, 0) is 0 Å². The number of nitrogens with zero attached hydrogens (tertiary/aromatic N) is 3. The van der Waals surface area contributed by atoms with Gasteiger partial charge in [0.1, 0.15) is 5.69 Å². The van der Waals surface area contributed by atoms with Crippen molar-refractivity contribution in [3.63, 3.8) is 0 Å². The molecule has 1 amide bonds. The predicted molar refractivity (Wildman–Crippen MR) is 61.0 cm³/mol. The molecule has 1 saturated carbocycles. The summed E-state index contributed by atoms with van der Waals surface area (Å²) in [7, 11) is 0. The van der Waals surface area contributed by atoms with Gasteiger partial charge in [0.2, 0.25) is 0 Å². The van der Waals surface area contributed by atoms with Gasteiger partial charge in [0.25, 0.3) is 5.91 Å². The number of amides is 1. The quantitative estimate of drug-likeness (QED) is 0.828. The van der Waals surface area contributed by atoms with Gasteiger partial charge in [-0.3, -0.25) is 9.78 Å². The lowest BCUT2D eigenvalue weighted by molar-refractivity contribution is 0.0927. The molecule has 88 valence electrons. The molecule has 0 bridgehead atoms. The average molecular weight is 230 g/mol. The second kappa shape index (κ2) is 4.91. The van der Waals surface area contributed by atoms with Gasteiger partial charge in [-0.1, -0.05) is 0 Å². The van der Waals surface area contributed by atoms with Crippen LogP contribution in [0.5, 0.6) is 0 Å². The van der Waals surface area contributed by atoms with E-state index in [9.17, 15) is 4.79 Å². The summed E-state index contributed by atoms with van der Waals surface area (Å²) in [5.74, 6) is -0.318. The topological polar surface area (TPSA) is 78.7 Å². The number of hydrogen-bond acceptors (Lipinski definition) is 4. The monoisotopic (exact) mass is 230 g/mol. The molecule has 17 heavy (non-hydrogen) atoms. The van der Waals surface area contributed by atoms with Crippen molar-refractivity contribution in [1.29, 1.82) is 5.26 Å². The molecule has 1 heterocycles. The Morgan fingerprint density at radius 2 is 2.29 bits per heavy atom. The lowest BCUT2D eigenvalue weighted by Crippen LogP contribution is -2.37. The average Bonchev–Trinajstić information content (AvgIpc) is 2.77. The van der Waals surface area contributed by atoms with E-state index in [1.165, 1.54) is 6.20 Å². The number of aromatic nitrogens is 2. The molecule has 1 aliphatic rings. The number of nitrogens with one attached hydrogen (secondary N) is 1. The first-order valence-electron chi connectivity index (χ1n) is 5.70. The first kappa shape index (κ1) is 11.5. The highest BCUT2D eigenvalue weighted by Gasteiger charge is 2.28. The Morgan fingerprint density at radius 1 is 1.47 bits per heavy atom. The number of aryl methyl sites for hydroxylation is 1. The number of nitriles is 1. The fourth-order valence-electron chi connectivity index (χ4n) is 2.04. The molecule has 0 radical (unpaired) electrons. The van der Waals surface area contributed by atoms with E-state index in [4.69, 9.17) is 5.26 Å². The van der Waals surface area contributed by atoms with Crippen molar-refractivity contribution in [2.75, 3.05) is 0 Å². The summed E-state index contributed by atoms with van der Waals surface area (Å²) in [6.45, 7) is 1.82. The summed E-state index contributed by atoms with van der Waals surface area (Å²) in [5, 5.41) is 11.8. The largest absolute Gasteiger partial charge is 0.347 e. The van der Waals surface area contributed by atoms with Crippen LogP contribution in [0.2, 0.25) is 0 Å². The Morgan fingerprint density at radius 3 is 2.94 bits per heavy atom. The molecule has 2 unspecified atom stereocenters. The molecular weight excluding hydrogens is 216 g/mol. The molecular formula is C12H14N4O. The van der Waals surface area contributed by atoms with Gasteiger partial charge < -0.3 is 5.32 Å². The van der Waals surface area contributed by atoms with E-state index >= 15 is 0 Å². The zero-order valence-corrected chi connectivity index (χ0v) is 9.68. The van der Waals surface area contributed by atoms with Crippen LogP contribution in [0.1, 0.15) is 35.4 Å². The molecule has 5 heteroatoms. The van der Waals surface area contributed by atoms with Gasteiger partial charge in [0, 0.05) is 12.2 Å². The van der Waals surface area contributed by atoms with Crippen molar-refractivity contribution >= 4 is 5.91 Å². The van der Waals surface area contributed by atoms with Crippen molar-refractivity contribution in [2.24, 2.45) is 5.92 Å². The molecule has 1 N–H and O–H groups in total. The van der Waals surface area contributed by atoms with Crippen molar-refractivity contribution in [3.05, 3.63) is 23.8 Å². The van der Waals surface area contributed by atoms with Crippen LogP contribution in [0.15, 0.2) is 12.4 Å². The number of hydrogen-bond donors (Lipinski definition) is 1. The summed E-state index contributed by atoms with van der Waals surface area (Å²) in [4.78, 5) is 19.9. The second-order valence-corrected chi connectivity index (χ2v) is 4.29. The molecule has 1 fully saturated rings. The van der Waals surface area contributed by atoms with Gasteiger partial charge in [-0.2, -0.15) is 5.26 Å². The summed E-state index contributed by atoms with van der Waals surface area (Å²) < 4.78 is 0.